The van der Waals surface area contributed by atoms with Crippen molar-refractivity contribution in [1.82, 2.24) is 14.6 Å². The molecule has 0 saturated carbocycles. The molecule has 0 atom stereocenters. The number of nitrogens with zero attached hydrogens (tertiary/aromatic N) is 2. The number of carbonyl (C=O) groups is 1. The van der Waals surface area contributed by atoms with Crippen LogP contribution in [0.15, 0.2) is 24.4 Å². The highest BCUT2D eigenvalue weighted by Gasteiger charge is 2.17. The van der Waals surface area contributed by atoms with Gasteiger partial charge in [0, 0.05) is 26.2 Å². The summed E-state index contributed by atoms with van der Waals surface area (Å²) in [5, 5.41) is 2.57. The van der Waals surface area contributed by atoms with Gasteiger partial charge in [0.1, 0.15) is 0 Å². The molecule has 1 N–H and O–H groups in total. The first-order valence-corrected chi connectivity index (χ1v) is 7.34. The van der Waals surface area contributed by atoms with Gasteiger partial charge < -0.3 is 5.32 Å². The lowest BCUT2D eigenvalue weighted by atomic mass is 10.3. The Bertz CT molecular complexity index is 488. The lowest BCUT2D eigenvalue weighted by Crippen LogP contribution is -2.37. The van der Waals surface area contributed by atoms with Crippen LogP contribution in [0.4, 0.5) is 0 Å². The van der Waals surface area contributed by atoms with Crippen molar-refractivity contribution in [2.75, 3.05) is 19.3 Å². The van der Waals surface area contributed by atoms with Gasteiger partial charge in [-0.25, -0.2) is 8.42 Å². The number of hydrogen-bond acceptors (Lipinski definition) is 4. The minimum Gasteiger partial charge on any atom is -0.355 e. The van der Waals surface area contributed by atoms with E-state index in [0.29, 0.717) is 5.69 Å². The summed E-state index contributed by atoms with van der Waals surface area (Å²) in [7, 11) is -3.32. The van der Waals surface area contributed by atoms with Crippen LogP contribution in [0.5, 0.6) is 0 Å². The number of carbonyl (C=O) groups excluding carboxylic acids is 1. The minimum atomic E-state index is -3.32. The van der Waals surface area contributed by atoms with E-state index in [4.69, 9.17) is 0 Å². The van der Waals surface area contributed by atoms with Crippen LogP contribution in [-0.4, -0.2) is 43.0 Å². The predicted octanol–water partition coefficient (Wildman–Crippen LogP) is -0.0207. The number of amides is 1. The Kier molecular flexibility index (Phi) is 5.24. The van der Waals surface area contributed by atoms with Crippen LogP contribution in [0.3, 0.4) is 0 Å². The zero-order chi connectivity index (χ0) is 13.6. The van der Waals surface area contributed by atoms with Crippen LogP contribution in [0, 0.1) is 0 Å². The van der Waals surface area contributed by atoms with E-state index in [-0.39, 0.29) is 25.5 Å². The highest BCUT2D eigenvalue weighted by atomic mass is 32.2. The molecule has 0 aliphatic carbocycles. The Balaban J connectivity index is 2.65. The molecular formula is C11H17N3O3S. The molecule has 0 radical (unpaired) electrons. The van der Waals surface area contributed by atoms with Gasteiger partial charge in [-0.3, -0.25) is 9.78 Å². The normalized spacial score (nSPS) is 11.5. The van der Waals surface area contributed by atoms with Crippen LogP contribution >= 0.6 is 0 Å². The average Bonchev–Trinajstić information content (AvgIpc) is 2.27. The topological polar surface area (TPSA) is 79.4 Å². The molecule has 0 aliphatic rings. The molecule has 1 aromatic heterocycles. The van der Waals surface area contributed by atoms with E-state index in [1.807, 2.05) is 0 Å². The van der Waals surface area contributed by atoms with Gasteiger partial charge in [0.2, 0.25) is 15.9 Å². The molecule has 0 aromatic carbocycles. The number of hydrogen-bond donors (Lipinski definition) is 1. The first-order chi connectivity index (χ1) is 8.39. The Morgan fingerprint density at radius 2 is 2.17 bits per heavy atom. The van der Waals surface area contributed by atoms with E-state index in [2.05, 4.69) is 10.3 Å². The molecule has 1 amide bonds. The third-order valence-corrected chi connectivity index (χ3v) is 3.52. The van der Waals surface area contributed by atoms with Crippen LogP contribution in [-0.2, 0) is 21.4 Å². The molecular weight excluding hydrogens is 254 g/mol. The van der Waals surface area contributed by atoms with Gasteiger partial charge in [-0.05, 0) is 12.1 Å². The monoisotopic (exact) mass is 271 g/mol. The second-order valence-corrected chi connectivity index (χ2v) is 5.88. The highest BCUT2D eigenvalue weighted by molar-refractivity contribution is 7.88. The summed E-state index contributed by atoms with van der Waals surface area (Å²) in [5.41, 5.74) is 0.672. The van der Waals surface area contributed by atoms with Crippen LogP contribution < -0.4 is 5.32 Å². The highest BCUT2D eigenvalue weighted by Crippen LogP contribution is 2.05. The van der Waals surface area contributed by atoms with Gasteiger partial charge in [0.25, 0.3) is 0 Å². The van der Waals surface area contributed by atoms with Gasteiger partial charge in [0.05, 0.1) is 18.5 Å². The van der Waals surface area contributed by atoms with E-state index in [1.165, 1.54) is 11.2 Å². The molecule has 1 heterocycles. The van der Waals surface area contributed by atoms with Crippen molar-refractivity contribution in [3.63, 3.8) is 0 Å². The average molecular weight is 271 g/mol. The minimum absolute atomic E-state index is 0.179. The molecule has 0 unspecified atom stereocenters. The number of aromatic nitrogens is 1. The van der Waals surface area contributed by atoms with Gasteiger partial charge in [-0.1, -0.05) is 6.07 Å². The third-order valence-electron chi connectivity index (χ3n) is 2.27. The van der Waals surface area contributed by atoms with Crippen LogP contribution in [0.25, 0.3) is 0 Å². The summed E-state index contributed by atoms with van der Waals surface area (Å²) in [6, 6.07) is 5.33. The van der Waals surface area contributed by atoms with E-state index in [0.717, 1.165) is 6.26 Å². The first kappa shape index (κ1) is 14.6. The Morgan fingerprint density at radius 3 is 2.67 bits per heavy atom. The zero-order valence-corrected chi connectivity index (χ0v) is 11.3. The Labute approximate surface area is 107 Å². The summed E-state index contributed by atoms with van der Waals surface area (Å²) < 4.78 is 24.5. The third kappa shape index (κ3) is 5.24. The maximum atomic E-state index is 11.6. The van der Waals surface area contributed by atoms with Crippen molar-refractivity contribution < 1.29 is 13.2 Å². The maximum absolute atomic E-state index is 11.6. The molecule has 1 rings (SSSR count). The number of pyridine rings is 1. The quantitative estimate of drug-likeness (QED) is 0.788. The first-order valence-electron chi connectivity index (χ1n) is 5.49. The van der Waals surface area contributed by atoms with Crippen molar-refractivity contribution in [3.8, 4) is 0 Å². The maximum Gasteiger partial charge on any atom is 0.216 e. The molecule has 0 bridgehead atoms. The molecule has 6 nitrogen and oxygen atoms in total. The summed E-state index contributed by atoms with van der Waals surface area (Å²) in [6.07, 6.45) is 2.76. The molecule has 1 aromatic rings. The largest absolute Gasteiger partial charge is 0.355 e. The van der Waals surface area contributed by atoms with Crippen LogP contribution in [0.1, 0.15) is 12.6 Å². The molecule has 0 saturated heterocycles. The zero-order valence-electron chi connectivity index (χ0n) is 10.5. The summed E-state index contributed by atoms with van der Waals surface area (Å²) in [5.74, 6) is -0.179. The van der Waals surface area contributed by atoms with Gasteiger partial charge in [0.15, 0.2) is 0 Å². The molecule has 18 heavy (non-hydrogen) atoms. The standard InChI is InChI=1S/C11H17N3O3S/c1-10(15)12-7-8-14(18(2,16)17)9-11-5-3-4-6-13-11/h3-6H,7-9H2,1-2H3,(H,12,15). The number of nitrogens with one attached hydrogen (secondary N) is 1. The van der Waals surface area contributed by atoms with Gasteiger partial charge >= 0.3 is 0 Å². The second kappa shape index (κ2) is 6.46. The second-order valence-electron chi connectivity index (χ2n) is 3.90. The van der Waals surface area contributed by atoms with Gasteiger partial charge in [-0.15, -0.1) is 0 Å². The van der Waals surface area contributed by atoms with Crippen molar-refractivity contribution in [2.24, 2.45) is 0 Å². The Morgan fingerprint density at radius 1 is 1.44 bits per heavy atom. The van der Waals surface area contributed by atoms with Crippen molar-refractivity contribution in [2.45, 2.75) is 13.5 Å². The van der Waals surface area contributed by atoms with Crippen molar-refractivity contribution >= 4 is 15.9 Å². The van der Waals surface area contributed by atoms with Gasteiger partial charge in [-0.2, -0.15) is 4.31 Å². The van der Waals surface area contributed by atoms with E-state index in [9.17, 15) is 13.2 Å². The summed E-state index contributed by atoms with van der Waals surface area (Å²) >= 11 is 0. The van der Waals surface area contributed by atoms with E-state index >= 15 is 0 Å². The van der Waals surface area contributed by atoms with E-state index in [1.54, 1.807) is 24.4 Å². The fourth-order valence-electron chi connectivity index (χ4n) is 1.39. The number of sulfonamides is 1. The van der Waals surface area contributed by atoms with Crippen LogP contribution in [0.2, 0.25) is 0 Å². The van der Waals surface area contributed by atoms with Crippen molar-refractivity contribution in [1.29, 1.82) is 0 Å². The smallest absolute Gasteiger partial charge is 0.216 e. The lowest BCUT2D eigenvalue weighted by molar-refractivity contribution is -0.118. The Hall–Kier alpha value is -1.47. The lowest BCUT2D eigenvalue weighted by Gasteiger charge is -2.19. The summed E-state index contributed by atoms with van der Waals surface area (Å²) in [4.78, 5) is 14.8. The molecule has 0 fully saturated rings. The predicted molar refractivity (Wildman–Crippen MR) is 68.2 cm³/mol. The fraction of sp³-hybridized carbons (Fsp3) is 0.455. The SMILES string of the molecule is CC(=O)NCCN(Cc1ccccn1)S(C)(=O)=O. The van der Waals surface area contributed by atoms with Crippen molar-refractivity contribution in [3.05, 3.63) is 30.1 Å². The summed E-state index contributed by atoms with van der Waals surface area (Å²) in [6.45, 7) is 2.12. The molecule has 0 spiro atoms. The number of rotatable bonds is 6. The van der Waals surface area contributed by atoms with E-state index < -0.39 is 10.0 Å². The molecule has 0 aliphatic heterocycles. The molecule has 100 valence electrons. The fourth-order valence-corrected chi connectivity index (χ4v) is 2.18. The molecule has 7 heteroatoms.